The second-order valence-corrected chi connectivity index (χ2v) is 4.61. The minimum Gasteiger partial charge on any atom is -0.396 e. The van der Waals surface area contributed by atoms with Gasteiger partial charge < -0.3 is 9.67 Å². The summed E-state index contributed by atoms with van der Waals surface area (Å²) in [4.78, 5) is 4.62. The Morgan fingerprint density at radius 1 is 1.50 bits per heavy atom. The fourth-order valence-corrected chi connectivity index (χ4v) is 2.44. The third-order valence-corrected chi connectivity index (χ3v) is 3.48. The predicted octanol–water partition coefficient (Wildman–Crippen LogP) is 2.08. The molecule has 0 aliphatic carbocycles. The van der Waals surface area contributed by atoms with E-state index in [2.05, 4.69) is 27.8 Å². The Hall–Kier alpha value is -1.35. The number of imidazole rings is 1. The molecule has 1 aliphatic heterocycles. The van der Waals surface area contributed by atoms with E-state index in [-0.39, 0.29) is 12.5 Å². The molecule has 1 aromatic carbocycles. The molecule has 1 aromatic heterocycles. The van der Waals surface area contributed by atoms with Gasteiger partial charge in [-0.2, -0.15) is 0 Å². The van der Waals surface area contributed by atoms with E-state index < -0.39 is 0 Å². The summed E-state index contributed by atoms with van der Waals surface area (Å²) in [7, 11) is 0. The minimum atomic E-state index is 0.201. The van der Waals surface area contributed by atoms with Gasteiger partial charge in [0, 0.05) is 25.5 Å². The van der Waals surface area contributed by atoms with Crippen LogP contribution in [0.4, 0.5) is 0 Å². The maximum Gasteiger partial charge on any atom is 0.109 e. The zero-order valence-corrected chi connectivity index (χ0v) is 9.48. The van der Waals surface area contributed by atoms with Gasteiger partial charge in [0.05, 0.1) is 11.0 Å². The summed E-state index contributed by atoms with van der Waals surface area (Å²) >= 11 is 0. The van der Waals surface area contributed by atoms with E-state index in [1.165, 1.54) is 23.3 Å². The second kappa shape index (κ2) is 3.59. The largest absolute Gasteiger partial charge is 0.396 e. The number of aliphatic hydroxyl groups excluding tert-OH is 1. The van der Waals surface area contributed by atoms with Gasteiger partial charge in [-0.15, -0.1) is 0 Å². The van der Waals surface area contributed by atoms with Gasteiger partial charge in [-0.05, 0) is 24.1 Å². The highest BCUT2D eigenvalue weighted by Gasteiger charge is 2.16. The number of aryl methyl sites for hydroxylation is 2. The number of hydrogen-bond donors (Lipinski definition) is 1. The molecule has 2 heterocycles. The van der Waals surface area contributed by atoms with Gasteiger partial charge in [0.25, 0.3) is 0 Å². The Bertz CT molecular complexity index is 530. The van der Waals surface area contributed by atoms with E-state index in [9.17, 15) is 5.11 Å². The summed E-state index contributed by atoms with van der Waals surface area (Å²) < 4.78 is 2.31. The van der Waals surface area contributed by atoms with Crippen LogP contribution in [-0.2, 0) is 13.0 Å². The first kappa shape index (κ1) is 9.85. The van der Waals surface area contributed by atoms with Crippen molar-refractivity contribution in [3.63, 3.8) is 0 Å². The molecule has 3 nitrogen and oxygen atoms in total. The fraction of sp³-hybridized carbons (Fsp3) is 0.462. The van der Waals surface area contributed by atoms with Gasteiger partial charge in [-0.1, -0.05) is 13.0 Å². The molecule has 1 atom stereocenters. The van der Waals surface area contributed by atoms with Crippen LogP contribution in [0.15, 0.2) is 18.2 Å². The highest BCUT2D eigenvalue weighted by atomic mass is 16.3. The van der Waals surface area contributed by atoms with Crippen LogP contribution >= 0.6 is 0 Å². The van der Waals surface area contributed by atoms with Crippen LogP contribution in [0, 0.1) is 0 Å². The molecule has 84 valence electrons. The third kappa shape index (κ3) is 1.35. The van der Waals surface area contributed by atoms with Gasteiger partial charge >= 0.3 is 0 Å². The lowest BCUT2D eigenvalue weighted by Gasteiger charge is -2.08. The Labute approximate surface area is 94.7 Å². The smallest absolute Gasteiger partial charge is 0.109 e. The second-order valence-electron chi connectivity index (χ2n) is 4.61. The summed E-state index contributed by atoms with van der Waals surface area (Å²) in [5, 5.41) is 9.18. The molecule has 0 bridgehead atoms. The van der Waals surface area contributed by atoms with Crippen molar-refractivity contribution in [1.82, 2.24) is 9.55 Å². The van der Waals surface area contributed by atoms with Crippen LogP contribution in [0.5, 0.6) is 0 Å². The lowest BCUT2D eigenvalue weighted by atomic mass is 10.0. The fourth-order valence-electron chi connectivity index (χ4n) is 2.44. The highest BCUT2D eigenvalue weighted by Crippen LogP contribution is 2.26. The average molecular weight is 216 g/mol. The summed E-state index contributed by atoms with van der Waals surface area (Å²) in [6, 6.07) is 6.33. The number of rotatable bonds is 2. The molecule has 0 radical (unpaired) electrons. The molecule has 3 rings (SSSR count). The Balaban J connectivity index is 2.16. The van der Waals surface area contributed by atoms with Crippen molar-refractivity contribution in [3.05, 3.63) is 29.6 Å². The summed E-state index contributed by atoms with van der Waals surface area (Å²) in [5.41, 5.74) is 3.51. The topological polar surface area (TPSA) is 38.1 Å². The van der Waals surface area contributed by atoms with Gasteiger partial charge in [0.2, 0.25) is 0 Å². The van der Waals surface area contributed by atoms with E-state index in [4.69, 9.17) is 0 Å². The molecule has 0 amide bonds. The van der Waals surface area contributed by atoms with E-state index >= 15 is 0 Å². The molecule has 1 unspecified atom stereocenters. The lowest BCUT2D eigenvalue weighted by Crippen LogP contribution is -1.99. The van der Waals surface area contributed by atoms with E-state index in [1.54, 1.807) is 0 Å². The summed E-state index contributed by atoms with van der Waals surface area (Å²) in [6.45, 7) is 3.33. The zero-order valence-electron chi connectivity index (χ0n) is 9.48. The van der Waals surface area contributed by atoms with Crippen LogP contribution in [0.3, 0.4) is 0 Å². The first-order chi connectivity index (χ1) is 7.79. The number of fused-ring (bicyclic) bond motifs is 3. The van der Waals surface area contributed by atoms with Gasteiger partial charge in [0.1, 0.15) is 5.82 Å². The van der Waals surface area contributed by atoms with Crippen molar-refractivity contribution in [1.29, 1.82) is 0 Å². The molecule has 0 fully saturated rings. The van der Waals surface area contributed by atoms with E-state index in [0.717, 1.165) is 18.5 Å². The maximum absolute atomic E-state index is 9.18. The van der Waals surface area contributed by atoms with Gasteiger partial charge in [-0.3, -0.25) is 0 Å². The lowest BCUT2D eigenvalue weighted by molar-refractivity contribution is 0.273. The monoisotopic (exact) mass is 216 g/mol. The molecule has 0 saturated carbocycles. The van der Waals surface area contributed by atoms with Crippen molar-refractivity contribution in [2.24, 2.45) is 0 Å². The first-order valence-corrected chi connectivity index (χ1v) is 5.89. The van der Waals surface area contributed by atoms with Gasteiger partial charge in [0.15, 0.2) is 0 Å². The number of aliphatic hydroxyl groups is 1. The van der Waals surface area contributed by atoms with Crippen molar-refractivity contribution >= 4 is 11.0 Å². The Morgan fingerprint density at radius 3 is 3.19 bits per heavy atom. The average Bonchev–Trinajstić information content (AvgIpc) is 2.87. The van der Waals surface area contributed by atoms with Crippen molar-refractivity contribution in [3.8, 4) is 0 Å². The normalized spacial score (nSPS) is 16.6. The van der Waals surface area contributed by atoms with Crippen LogP contribution in [0.25, 0.3) is 11.0 Å². The predicted molar refractivity (Wildman–Crippen MR) is 63.6 cm³/mol. The molecule has 16 heavy (non-hydrogen) atoms. The van der Waals surface area contributed by atoms with Crippen molar-refractivity contribution < 1.29 is 5.11 Å². The zero-order chi connectivity index (χ0) is 11.1. The molecule has 0 saturated heterocycles. The van der Waals surface area contributed by atoms with Crippen LogP contribution in [0.1, 0.15) is 30.7 Å². The molecule has 1 N–H and O–H groups in total. The molecule has 1 aliphatic rings. The number of benzene rings is 1. The van der Waals surface area contributed by atoms with Crippen molar-refractivity contribution in [2.75, 3.05) is 6.61 Å². The van der Waals surface area contributed by atoms with E-state index in [1.807, 2.05) is 6.92 Å². The maximum atomic E-state index is 9.18. The quantitative estimate of drug-likeness (QED) is 0.834. The van der Waals surface area contributed by atoms with Crippen LogP contribution in [-0.4, -0.2) is 21.3 Å². The highest BCUT2D eigenvalue weighted by molar-refractivity contribution is 5.77. The van der Waals surface area contributed by atoms with Crippen molar-refractivity contribution in [2.45, 2.75) is 32.2 Å². The van der Waals surface area contributed by atoms with Gasteiger partial charge in [-0.25, -0.2) is 4.98 Å². The molecule has 0 spiro atoms. The molecule has 3 heteroatoms. The number of hydrogen-bond acceptors (Lipinski definition) is 2. The third-order valence-electron chi connectivity index (χ3n) is 3.48. The molecular weight excluding hydrogens is 200 g/mol. The minimum absolute atomic E-state index is 0.201. The summed E-state index contributed by atoms with van der Waals surface area (Å²) in [5.74, 6) is 1.42. The number of aromatic nitrogens is 2. The standard InChI is InChI=1S/C13H16N2O/c1-9(8-16)10-4-5-11-12(7-10)15-6-2-3-13(15)14-11/h4-5,7,9,16H,2-3,6,8H2,1H3. The molecule has 2 aromatic rings. The van der Waals surface area contributed by atoms with Crippen LogP contribution in [0.2, 0.25) is 0 Å². The Morgan fingerprint density at radius 2 is 2.38 bits per heavy atom. The van der Waals surface area contributed by atoms with Crippen LogP contribution < -0.4 is 0 Å². The first-order valence-electron chi connectivity index (χ1n) is 5.89. The molecular formula is C13H16N2O. The summed E-state index contributed by atoms with van der Waals surface area (Å²) in [6.07, 6.45) is 2.30. The SMILES string of the molecule is CC(CO)c1ccc2nc3n(c2c1)CCC3. The van der Waals surface area contributed by atoms with E-state index in [0.29, 0.717) is 0 Å². The Kier molecular flexibility index (Phi) is 2.21. The number of nitrogens with zero attached hydrogens (tertiary/aromatic N) is 2.